The standard InChI is InChI=1S/C17H17ClN4O/c18-12-1-4-15-14(9-12)11(10-20-15)5-7-19-17(23)16-6-8-21-22(16)13-2-3-13/h1,4,6,8-10,13,20H,2-3,5,7H2,(H,19,23). The average Bonchev–Trinajstić information content (AvgIpc) is 3.14. The van der Waals surface area contributed by atoms with Crippen LogP contribution in [0.1, 0.15) is 34.9 Å². The number of halogens is 1. The van der Waals surface area contributed by atoms with E-state index in [-0.39, 0.29) is 5.91 Å². The topological polar surface area (TPSA) is 62.7 Å². The molecule has 2 N–H and O–H groups in total. The van der Waals surface area contributed by atoms with Crippen LogP contribution in [0.2, 0.25) is 5.02 Å². The molecule has 5 nitrogen and oxygen atoms in total. The monoisotopic (exact) mass is 328 g/mol. The van der Waals surface area contributed by atoms with Crippen LogP contribution in [-0.2, 0) is 6.42 Å². The fraction of sp³-hybridized carbons (Fsp3) is 0.294. The van der Waals surface area contributed by atoms with Gasteiger partial charge in [0.1, 0.15) is 5.69 Å². The predicted octanol–water partition coefficient (Wildman–Crippen LogP) is 3.33. The molecule has 1 amide bonds. The van der Waals surface area contributed by atoms with E-state index in [0.717, 1.165) is 40.8 Å². The minimum atomic E-state index is -0.0627. The minimum absolute atomic E-state index is 0.0627. The van der Waals surface area contributed by atoms with Crippen molar-refractivity contribution in [3.63, 3.8) is 0 Å². The number of fused-ring (bicyclic) bond motifs is 1. The summed E-state index contributed by atoms with van der Waals surface area (Å²) < 4.78 is 1.83. The van der Waals surface area contributed by atoms with Crippen LogP contribution >= 0.6 is 11.6 Å². The fourth-order valence-corrected chi connectivity index (χ4v) is 3.03. The van der Waals surface area contributed by atoms with E-state index in [0.29, 0.717) is 18.3 Å². The Labute approximate surface area is 138 Å². The van der Waals surface area contributed by atoms with Crippen molar-refractivity contribution in [2.24, 2.45) is 0 Å². The predicted molar refractivity (Wildman–Crippen MR) is 89.8 cm³/mol. The van der Waals surface area contributed by atoms with Crippen molar-refractivity contribution >= 4 is 28.4 Å². The molecule has 2 aromatic heterocycles. The zero-order valence-electron chi connectivity index (χ0n) is 12.6. The van der Waals surface area contributed by atoms with Gasteiger partial charge in [0.15, 0.2) is 0 Å². The van der Waals surface area contributed by atoms with Crippen molar-refractivity contribution in [3.05, 3.63) is 52.9 Å². The van der Waals surface area contributed by atoms with E-state index < -0.39 is 0 Å². The Morgan fingerprint density at radius 1 is 1.39 bits per heavy atom. The molecule has 2 heterocycles. The summed E-state index contributed by atoms with van der Waals surface area (Å²) in [5.74, 6) is -0.0627. The quantitative estimate of drug-likeness (QED) is 0.754. The number of nitrogens with zero attached hydrogens (tertiary/aromatic N) is 2. The number of amides is 1. The molecule has 0 aliphatic heterocycles. The maximum atomic E-state index is 12.3. The molecule has 1 aliphatic rings. The fourth-order valence-electron chi connectivity index (χ4n) is 2.86. The van der Waals surface area contributed by atoms with Crippen molar-refractivity contribution < 1.29 is 4.79 Å². The molecule has 0 radical (unpaired) electrons. The maximum absolute atomic E-state index is 12.3. The summed E-state index contributed by atoms with van der Waals surface area (Å²) in [4.78, 5) is 15.5. The summed E-state index contributed by atoms with van der Waals surface area (Å²) >= 11 is 6.06. The van der Waals surface area contributed by atoms with Crippen molar-refractivity contribution in [2.75, 3.05) is 6.54 Å². The number of carbonyl (C=O) groups excluding carboxylic acids is 1. The van der Waals surface area contributed by atoms with Gasteiger partial charge in [-0.1, -0.05) is 11.6 Å². The van der Waals surface area contributed by atoms with Crippen molar-refractivity contribution in [1.29, 1.82) is 0 Å². The maximum Gasteiger partial charge on any atom is 0.269 e. The lowest BCUT2D eigenvalue weighted by molar-refractivity contribution is 0.0943. The smallest absolute Gasteiger partial charge is 0.269 e. The highest BCUT2D eigenvalue weighted by molar-refractivity contribution is 6.31. The van der Waals surface area contributed by atoms with Gasteiger partial charge in [-0.2, -0.15) is 5.10 Å². The van der Waals surface area contributed by atoms with Gasteiger partial charge in [0.2, 0.25) is 0 Å². The second-order valence-corrected chi connectivity index (χ2v) is 6.34. The third kappa shape index (κ3) is 2.84. The Morgan fingerprint density at radius 3 is 3.09 bits per heavy atom. The van der Waals surface area contributed by atoms with Crippen molar-refractivity contribution in [1.82, 2.24) is 20.1 Å². The first-order chi connectivity index (χ1) is 11.2. The Bertz CT molecular complexity index is 862. The van der Waals surface area contributed by atoms with E-state index in [4.69, 9.17) is 11.6 Å². The summed E-state index contributed by atoms with van der Waals surface area (Å²) in [5, 5.41) is 9.05. The molecule has 118 valence electrons. The lowest BCUT2D eigenvalue weighted by Gasteiger charge is -2.07. The molecule has 6 heteroatoms. The van der Waals surface area contributed by atoms with Crippen LogP contribution in [0.5, 0.6) is 0 Å². The zero-order valence-corrected chi connectivity index (χ0v) is 13.3. The van der Waals surface area contributed by atoms with E-state index in [1.807, 2.05) is 29.1 Å². The number of H-pyrrole nitrogens is 1. The van der Waals surface area contributed by atoms with Crippen LogP contribution < -0.4 is 5.32 Å². The molecule has 0 bridgehead atoms. The number of hydrogen-bond donors (Lipinski definition) is 2. The summed E-state index contributed by atoms with van der Waals surface area (Å²) in [7, 11) is 0. The molecule has 3 aromatic rings. The molecule has 0 atom stereocenters. The summed E-state index contributed by atoms with van der Waals surface area (Å²) in [6.07, 6.45) is 6.64. The number of rotatable bonds is 5. The number of nitrogens with one attached hydrogen (secondary N) is 2. The first-order valence-corrected chi connectivity index (χ1v) is 8.17. The van der Waals surface area contributed by atoms with Crippen LogP contribution in [0.25, 0.3) is 10.9 Å². The largest absolute Gasteiger partial charge is 0.361 e. The van der Waals surface area contributed by atoms with Crippen LogP contribution in [0.3, 0.4) is 0 Å². The van der Waals surface area contributed by atoms with Crippen molar-refractivity contribution in [3.8, 4) is 0 Å². The van der Waals surface area contributed by atoms with E-state index >= 15 is 0 Å². The average molecular weight is 329 g/mol. The highest BCUT2D eigenvalue weighted by Crippen LogP contribution is 2.34. The van der Waals surface area contributed by atoms with Crippen LogP contribution in [0.4, 0.5) is 0 Å². The molecule has 23 heavy (non-hydrogen) atoms. The molecule has 0 unspecified atom stereocenters. The summed E-state index contributed by atoms with van der Waals surface area (Å²) in [5.41, 5.74) is 2.86. The molecule has 1 aliphatic carbocycles. The first-order valence-electron chi connectivity index (χ1n) is 7.79. The molecule has 1 fully saturated rings. The second kappa shape index (κ2) is 5.74. The van der Waals surface area contributed by atoms with Gasteiger partial charge in [-0.15, -0.1) is 0 Å². The van der Waals surface area contributed by atoms with Gasteiger partial charge < -0.3 is 10.3 Å². The molecular weight excluding hydrogens is 312 g/mol. The molecule has 1 saturated carbocycles. The van der Waals surface area contributed by atoms with Crippen LogP contribution in [0, 0.1) is 0 Å². The lowest BCUT2D eigenvalue weighted by atomic mass is 10.1. The third-order valence-electron chi connectivity index (χ3n) is 4.21. The number of hydrogen-bond acceptors (Lipinski definition) is 2. The number of carbonyl (C=O) groups is 1. The molecule has 0 spiro atoms. The normalized spacial score (nSPS) is 14.3. The van der Waals surface area contributed by atoms with Gasteiger partial charge in [0.25, 0.3) is 5.91 Å². The SMILES string of the molecule is O=C(NCCc1c[nH]c2ccc(Cl)cc12)c1ccnn1C1CC1. The van der Waals surface area contributed by atoms with E-state index in [1.54, 1.807) is 12.3 Å². The first kappa shape index (κ1) is 14.3. The second-order valence-electron chi connectivity index (χ2n) is 5.90. The Hall–Kier alpha value is -2.27. The van der Waals surface area contributed by atoms with Gasteiger partial charge in [0, 0.05) is 34.9 Å². The molecule has 0 saturated heterocycles. The van der Waals surface area contributed by atoms with E-state index in [2.05, 4.69) is 15.4 Å². The summed E-state index contributed by atoms with van der Waals surface area (Å²) in [6, 6.07) is 7.96. The number of benzene rings is 1. The Morgan fingerprint density at radius 2 is 2.26 bits per heavy atom. The zero-order chi connectivity index (χ0) is 15.8. The van der Waals surface area contributed by atoms with Gasteiger partial charge in [0.05, 0.1) is 6.04 Å². The lowest BCUT2D eigenvalue weighted by Crippen LogP contribution is -2.28. The van der Waals surface area contributed by atoms with Crippen LogP contribution in [-0.4, -0.2) is 27.2 Å². The highest BCUT2D eigenvalue weighted by Gasteiger charge is 2.28. The number of aromatic nitrogens is 3. The highest BCUT2D eigenvalue weighted by atomic mass is 35.5. The van der Waals surface area contributed by atoms with Gasteiger partial charge in [-0.25, -0.2) is 0 Å². The van der Waals surface area contributed by atoms with E-state index in [1.165, 1.54) is 0 Å². The van der Waals surface area contributed by atoms with Gasteiger partial charge >= 0.3 is 0 Å². The molecule has 4 rings (SSSR count). The number of aromatic amines is 1. The van der Waals surface area contributed by atoms with Crippen LogP contribution in [0.15, 0.2) is 36.7 Å². The Balaban J connectivity index is 1.42. The van der Waals surface area contributed by atoms with Gasteiger partial charge in [-0.05, 0) is 49.1 Å². The molecule has 1 aromatic carbocycles. The van der Waals surface area contributed by atoms with E-state index in [9.17, 15) is 4.79 Å². The van der Waals surface area contributed by atoms with Crippen molar-refractivity contribution in [2.45, 2.75) is 25.3 Å². The minimum Gasteiger partial charge on any atom is -0.361 e. The van der Waals surface area contributed by atoms with Gasteiger partial charge in [-0.3, -0.25) is 9.48 Å². The molecular formula is C17H17ClN4O. The summed E-state index contributed by atoms with van der Waals surface area (Å²) in [6.45, 7) is 0.578. The Kier molecular flexibility index (Phi) is 3.58. The third-order valence-corrected chi connectivity index (χ3v) is 4.44.